The molecule has 0 saturated heterocycles. The fourth-order valence-electron chi connectivity index (χ4n) is 2.24. The van der Waals surface area contributed by atoms with Crippen molar-refractivity contribution in [3.8, 4) is 0 Å². The van der Waals surface area contributed by atoms with Crippen LogP contribution < -0.4 is 16.4 Å². The van der Waals surface area contributed by atoms with Crippen LogP contribution in [0, 0.1) is 12.8 Å². The number of nitrogens with two attached hydrogens (primary N) is 1. The van der Waals surface area contributed by atoms with Gasteiger partial charge in [0.05, 0.1) is 5.56 Å². The highest BCUT2D eigenvalue weighted by Gasteiger charge is 2.30. The van der Waals surface area contributed by atoms with Gasteiger partial charge in [0.2, 0.25) is 5.91 Å². The van der Waals surface area contributed by atoms with Crippen molar-refractivity contribution in [2.45, 2.75) is 20.0 Å². The van der Waals surface area contributed by atoms with Crippen LogP contribution in [-0.2, 0) is 11.0 Å². The van der Waals surface area contributed by atoms with Crippen molar-refractivity contribution < 1.29 is 22.8 Å². The van der Waals surface area contributed by atoms with Gasteiger partial charge in [-0.25, -0.2) is 0 Å². The molecule has 2 aromatic carbocycles. The van der Waals surface area contributed by atoms with E-state index < -0.39 is 17.6 Å². The maximum Gasteiger partial charge on any atom is 0.416 e. The van der Waals surface area contributed by atoms with Crippen molar-refractivity contribution in [2.75, 3.05) is 17.2 Å². The van der Waals surface area contributed by atoms with Gasteiger partial charge in [0.1, 0.15) is 0 Å². The summed E-state index contributed by atoms with van der Waals surface area (Å²) in [6.07, 6.45) is -4.53. The number of carbonyl (C=O) groups is 2. The third-order valence-corrected chi connectivity index (χ3v) is 4.01. The Hall–Kier alpha value is -2.58. The number of anilines is 2. The van der Waals surface area contributed by atoms with Crippen LogP contribution in [0.2, 0.25) is 0 Å². The van der Waals surface area contributed by atoms with E-state index >= 15 is 0 Å². The molecule has 1 atom stereocenters. The van der Waals surface area contributed by atoms with Crippen LogP contribution >= 0.6 is 12.4 Å². The number of amides is 2. The Morgan fingerprint density at radius 3 is 2.39 bits per heavy atom. The number of benzene rings is 2. The summed E-state index contributed by atoms with van der Waals surface area (Å²) in [5.41, 5.74) is 6.05. The van der Waals surface area contributed by atoms with Gasteiger partial charge in [-0.3, -0.25) is 9.59 Å². The van der Waals surface area contributed by atoms with Crippen LogP contribution in [0.1, 0.15) is 28.4 Å². The number of rotatable bonds is 5. The SMILES string of the molecule is Cc1ccc(NC(=O)c2cccc(C(F)(F)F)c2)cc1NC(=O)C(C)CN.Cl. The molecule has 2 aromatic rings. The number of aryl methyl sites for hydroxylation is 1. The lowest BCUT2D eigenvalue weighted by Gasteiger charge is -2.14. The molecule has 0 aliphatic rings. The Morgan fingerprint density at radius 1 is 1.11 bits per heavy atom. The van der Waals surface area contributed by atoms with E-state index in [4.69, 9.17) is 5.73 Å². The van der Waals surface area contributed by atoms with Gasteiger partial charge < -0.3 is 16.4 Å². The number of hydrogen-bond donors (Lipinski definition) is 3. The number of carbonyl (C=O) groups excluding carboxylic acids is 2. The standard InChI is InChI=1S/C19H20F3N3O2.ClH/c1-11-6-7-15(9-16(11)25-17(26)12(2)10-23)24-18(27)13-4-3-5-14(8-13)19(20,21)22;/h3-9,12H,10,23H2,1-2H3,(H,24,27)(H,25,26);1H. The van der Waals surface area contributed by atoms with Gasteiger partial charge in [0.15, 0.2) is 0 Å². The van der Waals surface area contributed by atoms with E-state index in [-0.39, 0.29) is 36.3 Å². The Labute approximate surface area is 166 Å². The fraction of sp³-hybridized carbons (Fsp3) is 0.263. The van der Waals surface area contributed by atoms with E-state index in [1.54, 1.807) is 32.0 Å². The van der Waals surface area contributed by atoms with Gasteiger partial charge in [-0.15, -0.1) is 12.4 Å². The quantitative estimate of drug-likeness (QED) is 0.683. The van der Waals surface area contributed by atoms with Crippen molar-refractivity contribution in [3.05, 3.63) is 59.2 Å². The third kappa shape index (κ3) is 5.97. The molecule has 0 saturated carbocycles. The topological polar surface area (TPSA) is 84.2 Å². The Morgan fingerprint density at radius 2 is 1.79 bits per heavy atom. The molecule has 0 heterocycles. The summed E-state index contributed by atoms with van der Waals surface area (Å²) in [4.78, 5) is 24.3. The fourth-order valence-corrected chi connectivity index (χ4v) is 2.24. The van der Waals surface area contributed by atoms with Crippen LogP contribution in [0.25, 0.3) is 0 Å². The summed E-state index contributed by atoms with van der Waals surface area (Å²) in [7, 11) is 0. The highest BCUT2D eigenvalue weighted by molar-refractivity contribution is 6.05. The molecule has 0 bridgehead atoms. The first kappa shape index (κ1) is 23.5. The van der Waals surface area contributed by atoms with Crippen molar-refractivity contribution in [2.24, 2.45) is 11.7 Å². The average molecular weight is 416 g/mol. The van der Waals surface area contributed by atoms with E-state index in [9.17, 15) is 22.8 Å². The minimum absolute atomic E-state index is 0. The second-order valence-corrected chi connectivity index (χ2v) is 6.19. The lowest BCUT2D eigenvalue weighted by Crippen LogP contribution is -2.27. The van der Waals surface area contributed by atoms with Gasteiger partial charge in [-0.05, 0) is 42.8 Å². The van der Waals surface area contributed by atoms with Crippen molar-refractivity contribution >= 4 is 35.6 Å². The molecule has 4 N–H and O–H groups in total. The number of nitrogens with one attached hydrogen (secondary N) is 2. The molecule has 0 spiro atoms. The molecule has 0 fully saturated rings. The first-order valence-corrected chi connectivity index (χ1v) is 8.22. The maximum absolute atomic E-state index is 12.8. The molecule has 1 unspecified atom stereocenters. The maximum atomic E-state index is 12.8. The minimum Gasteiger partial charge on any atom is -0.330 e. The van der Waals surface area contributed by atoms with Crippen molar-refractivity contribution in [3.63, 3.8) is 0 Å². The van der Waals surface area contributed by atoms with Gasteiger partial charge in [-0.2, -0.15) is 13.2 Å². The average Bonchev–Trinajstić information content (AvgIpc) is 2.63. The summed E-state index contributed by atoms with van der Waals surface area (Å²) in [6, 6.07) is 8.98. The van der Waals surface area contributed by atoms with Crippen molar-refractivity contribution in [1.82, 2.24) is 0 Å². The lowest BCUT2D eigenvalue weighted by atomic mass is 10.1. The van der Waals surface area contributed by atoms with Gasteiger partial charge in [0.25, 0.3) is 5.91 Å². The van der Waals surface area contributed by atoms with E-state index in [1.807, 2.05) is 0 Å². The van der Waals surface area contributed by atoms with Gasteiger partial charge >= 0.3 is 6.18 Å². The molecule has 2 rings (SSSR count). The first-order valence-electron chi connectivity index (χ1n) is 8.22. The molecule has 0 aliphatic carbocycles. The molecular formula is C19H21ClF3N3O2. The summed E-state index contributed by atoms with van der Waals surface area (Å²) < 4.78 is 38.4. The molecular weight excluding hydrogens is 395 g/mol. The zero-order chi connectivity index (χ0) is 20.2. The Kier molecular flexibility index (Phi) is 8.01. The monoisotopic (exact) mass is 415 g/mol. The second-order valence-electron chi connectivity index (χ2n) is 6.19. The van der Waals surface area contributed by atoms with E-state index in [0.29, 0.717) is 11.4 Å². The minimum atomic E-state index is -4.53. The van der Waals surface area contributed by atoms with Crippen LogP contribution in [0.4, 0.5) is 24.5 Å². The molecule has 28 heavy (non-hydrogen) atoms. The van der Waals surface area contributed by atoms with Gasteiger partial charge in [-0.1, -0.05) is 19.1 Å². The number of alkyl halides is 3. The molecule has 0 aromatic heterocycles. The molecule has 0 aliphatic heterocycles. The predicted molar refractivity (Wildman–Crippen MR) is 105 cm³/mol. The van der Waals surface area contributed by atoms with E-state index in [1.165, 1.54) is 12.1 Å². The molecule has 5 nitrogen and oxygen atoms in total. The lowest BCUT2D eigenvalue weighted by molar-refractivity contribution is -0.137. The summed E-state index contributed by atoms with van der Waals surface area (Å²) in [5.74, 6) is -1.33. The highest BCUT2D eigenvalue weighted by atomic mass is 35.5. The summed E-state index contributed by atoms with van der Waals surface area (Å²) >= 11 is 0. The molecule has 0 radical (unpaired) electrons. The first-order chi connectivity index (χ1) is 12.6. The second kappa shape index (κ2) is 9.57. The zero-order valence-corrected chi connectivity index (χ0v) is 16.1. The van der Waals surface area contributed by atoms with Crippen LogP contribution in [0.3, 0.4) is 0 Å². The number of halogens is 4. The Balaban J connectivity index is 0.00000392. The molecule has 2 amide bonds. The summed E-state index contributed by atoms with van der Waals surface area (Å²) in [6.45, 7) is 3.65. The Bertz CT molecular complexity index is 857. The molecule has 9 heteroatoms. The molecule has 152 valence electrons. The highest BCUT2D eigenvalue weighted by Crippen LogP contribution is 2.30. The number of hydrogen-bond acceptors (Lipinski definition) is 3. The zero-order valence-electron chi connectivity index (χ0n) is 15.3. The van der Waals surface area contributed by atoms with Crippen molar-refractivity contribution in [1.29, 1.82) is 0 Å². The summed E-state index contributed by atoms with van der Waals surface area (Å²) in [5, 5.41) is 5.26. The van der Waals surface area contributed by atoms with Crippen LogP contribution in [0.5, 0.6) is 0 Å². The predicted octanol–water partition coefficient (Wildman–Crippen LogP) is 4.22. The smallest absolute Gasteiger partial charge is 0.330 e. The van der Waals surface area contributed by atoms with Crippen LogP contribution in [-0.4, -0.2) is 18.4 Å². The third-order valence-electron chi connectivity index (χ3n) is 4.01. The largest absolute Gasteiger partial charge is 0.416 e. The van der Waals surface area contributed by atoms with Crippen LogP contribution in [0.15, 0.2) is 42.5 Å². The van der Waals surface area contributed by atoms with E-state index in [0.717, 1.165) is 17.7 Å². The van der Waals surface area contributed by atoms with Gasteiger partial charge in [0, 0.05) is 29.4 Å². The van der Waals surface area contributed by atoms with E-state index in [2.05, 4.69) is 10.6 Å². The normalized spacial score (nSPS) is 11.9.